The van der Waals surface area contributed by atoms with Gasteiger partial charge in [0, 0.05) is 21.5 Å². The van der Waals surface area contributed by atoms with Gasteiger partial charge in [0.15, 0.2) is 0 Å². The van der Waals surface area contributed by atoms with Crippen molar-refractivity contribution in [2.24, 2.45) is 4.99 Å². The molecule has 10 rings (SSSR count). The summed E-state index contributed by atoms with van der Waals surface area (Å²) in [5, 5.41) is 11.5. The first-order valence-electron chi connectivity index (χ1n) is 16.1. The minimum Gasteiger partial charge on any atom is -0.370 e. The highest BCUT2D eigenvalue weighted by atomic mass is 15.2. The molecule has 3 heterocycles. The van der Waals surface area contributed by atoms with Gasteiger partial charge < -0.3 is 9.88 Å². The van der Waals surface area contributed by atoms with E-state index < -0.39 is 0 Å². The van der Waals surface area contributed by atoms with E-state index >= 15 is 0 Å². The highest BCUT2D eigenvalue weighted by molar-refractivity contribution is 6.29. The Balaban J connectivity index is 1.41. The summed E-state index contributed by atoms with van der Waals surface area (Å²) in [4.78, 5) is 5.48. The van der Waals surface area contributed by atoms with Gasteiger partial charge in [0.05, 0.1) is 39.5 Å². The van der Waals surface area contributed by atoms with Crippen LogP contribution in [0, 0.1) is 0 Å². The summed E-state index contributed by atoms with van der Waals surface area (Å²) < 4.78 is 5.05. The number of allylic oxidation sites excluding steroid dienone is 4. The molecule has 2 atom stereocenters. The standard InChI is InChI=1S/C42H30N4/c1-3-14-28(15-4-1)39-42(44-35-21-11-10-20-34(35)43-39)46-36-22-12-9-19-31(36)32-24-25-33-38-30-18-8-7-13-27(30)23-26-37(38)45(41(33)40(32)46)29-16-5-2-6-17-29/h1-16,18-26,29,39,43H,17H2. The molecular weight excluding hydrogens is 560 g/mol. The minimum atomic E-state index is -0.137. The van der Waals surface area contributed by atoms with E-state index in [0.29, 0.717) is 0 Å². The fourth-order valence-electron chi connectivity index (χ4n) is 7.85. The first kappa shape index (κ1) is 25.5. The maximum absolute atomic E-state index is 5.48. The summed E-state index contributed by atoms with van der Waals surface area (Å²) in [7, 11) is 0. The number of nitrogens with zero attached hydrogens (tertiary/aromatic N) is 3. The predicted molar refractivity (Wildman–Crippen MR) is 194 cm³/mol. The smallest absolute Gasteiger partial charge is 0.141 e. The number of anilines is 1. The molecule has 4 nitrogen and oxygen atoms in total. The third-order valence-electron chi connectivity index (χ3n) is 9.84. The third-order valence-corrected chi connectivity index (χ3v) is 9.84. The van der Waals surface area contributed by atoms with Gasteiger partial charge in [0.1, 0.15) is 11.9 Å². The minimum absolute atomic E-state index is 0.137. The van der Waals surface area contributed by atoms with Crippen molar-refractivity contribution in [2.75, 3.05) is 5.32 Å². The second kappa shape index (κ2) is 9.82. The van der Waals surface area contributed by atoms with E-state index in [4.69, 9.17) is 4.99 Å². The van der Waals surface area contributed by atoms with Gasteiger partial charge >= 0.3 is 0 Å². The molecule has 0 bridgehead atoms. The maximum atomic E-state index is 5.48. The highest BCUT2D eigenvalue weighted by Crippen LogP contribution is 2.45. The van der Waals surface area contributed by atoms with E-state index in [1.165, 1.54) is 54.4 Å². The molecule has 2 aromatic heterocycles. The van der Waals surface area contributed by atoms with E-state index in [-0.39, 0.29) is 12.1 Å². The Morgan fingerprint density at radius 2 is 1.39 bits per heavy atom. The lowest BCUT2D eigenvalue weighted by Gasteiger charge is -2.29. The maximum Gasteiger partial charge on any atom is 0.141 e. The Morgan fingerprint density at radius 1 is 0.609 bits per heavy atom. The first-order valence-corrected chi connectivity index (χ1v) is 16.1. The fraction of sp³-hybridized carbons (Fsp3) is 0.0714. The zero-order valence-corrected chi connectivity index (χ0v) is 25.1. The number of para-hydroxylation sites is 3. The van der Waals surface area contributed by atoms with Crippen LogP contribution in [0.3, 0.4) is 0 Å². The number of rotatable bonds is 2. The summed E-state index contributed by atoms with van der Waals surface area (Å²) in [6, 6.07) is 46.0. The molecule has 8 aromatic rings. The summed E-state index contributed by atoms with van der Waals surface area (Å²) >= 11 is 0. The van der Waals surface area contributed by atoms with Crippen LogP contribution in [-0.4, -0.2) is 15.0 Å². The van der Waals surface area contributed by atoms with Gasteiger partial charge in [-0.15, -0.1) is 0 Å². The van der Waals surface area contributed by atoms with Crippen LogP contribution in [0.2, 0.25) is 0 Å². The predicted octanol–water partition coefficient (Wildman–Crippen LogP) is 10.9. The van der Waals surface area contributed by atoms with E-state index in [9.17, 15) is 0 Å². The highest BCUT2D eigenvalue weighted by Gasteiger charge is 2.30. The molecule has 0 radical (unpaired) electrons. The number of nitrogens with one attached hydrogen (secondary N) is 1. The molecular formula is C42H30N4. The SMILES string of the molecule is C1=CCC(n2c3ccc4ccccc4c3c3ccc4c5ccccc5n(C5=Nc6ccccc6NC5c5ccccc5)c4c32)C=C1. The Kier molecular flexibility index (Phi) is 5.43. The Labute approximate surface area is 266 Å². The molecule has 0 fully saturated rings. The molecule has 4 heteroatoms. The molecule has 0 saturated carbocycles. The number of hydrogen-bond donors (Lipinski definition) is 1. The van der Waals surface area contributed by atoms with Crippen molar-refractivity contribution in [3.8, 4) is 0 Å². The average molecular weight is 591 g/mol. The van der Waals surface area contributed by atoms with Crippen LogP contribution in [0.25, 0.3) is 54.4 Å². The second-order valence-corrected chi connectivity index (χ2v) is 12.4. The van der Waals surface area contributed by atoms with Crippen molar-refractivity contribution in [1.82, 2.24) is 9.13 Å². The normalized spacial score (nSPS) is 17.6. The summed E-state index contributed by atoms with van der Waals surface area (Å²) in [6.07, 6.45) is 9.94. The lowest BCUT2D eigenvalue weighted by Crippen LogP contribution is -2.29. The molecule has 6 aromatic carbocycles. The molecule has 2 aliphatic rings. The van der Waals surface area contributed by atoms with Gasteiger partial charge in [-0.05, 0) is 47.0 Å². The summed E-state index contributed by atoms with van der Waals surface area (Å²) in [6.45, 7) is 0. The Hall–Kier alpha value is -5.87. The van der Waals surface area contributed by atoms with E-state index in [1.54, 1.807) is 0 Å². The topological polar surface area (TPSA) is 34.2 Å². The van der Waals surface area contributed by atoms with Crippen molar-refractivity contribution in [2.45, 2.75) is 18.5 Å². The average Bonchev–Trinajstić information content (AvgIpc) is 3.65. The monoisotopic (exact) mass is 590 g/mol. The second-order valence-electron chi connectivity index (χ2n) is 12.4. The van der Waals surface area contributed by atoms with Gasteiger partial charge in [-0.1, -0.05) is 127 Å². The lowest BCUT2D eigenvalue weighted by molar-refractivity contribution is 0.649. The van der Waals surface area contributed by atoms with Crippen LogP contribution in [0.1, 0.15) is 24.1 Å². The van der Waals surface area contributed by atoms with Gasteiger partial charge in [-0.3, -0.25) is 4.57 Å². The number of aromatic nitrogens is 2. The molecule has 1 aliphatic heterocycles. The molecule has 218 valence electrons. The Morgan fingerprint density at radius 3 is 2.28 bits per heavy atom. The Bertz CT molecular complexity index is 2600. The van der Waals surface area contributed by atoms with Crippen molar-refractivity contribution in [3.05, 3.63) is 157 Å². The largest absolute Gasteiger partial charge is 0.370 e. The van der Waals surface area contributed by atoms with Crippen LogP contribution in [0.4, 0.5) is 11.4 Å². The lowest BCUT2D eigenvalue weighted by atomic mass is 10.0. The number of hydrogen-bond acceptors (Lipinski definition) is 2. The van der Waals surface area contributed by atoms with Crippen molar-refractivity contribution in [1.29, 1.82) is 0 Å². The van der Waals surface area contributed by atoms with Crippen LogP contribution in [-0.2, 0) is 0 Å². The van der Waals surface area contributed by atoms with Crippen LogP contribution in [0.5, 0.6) is 0 Å². The molecule has 1 N–H and O–H groups in total. The number of benzene rings is 6. The van der Waals surface area contributed by atoms with E-state index in [2.05, 4.69) is 166 Å². The number of aliphatic imine (C=N–C) groups is 1. The van der Waals surface area contributed by atoms with Crippen LogP contribution in [0.15, 0.2) is 157 Å². The quantitative estimate of drug-likeness (QED) is 0.214. The van der Waals surface area contributed by atoms with E-state index in [1.807, 2.05) is 0 Å². The van der Waals surface area contributed by atoms with E-state index in [0.717, 1.165) is 29.1 Å². The molecule has 46 heavy (non-hydrogen) atoms. The van der Waals surface area contributed by atoms with Crippen LogP contribution >= 0.6 is 0 Å². The molecule has 0 spiro atoms. The zero-order valence-electron chi connectivity index (χ0n) is 25.1. The first-order chi connectivity index (χ1) is 22.8. The van der Waals surface area contributed by atoms with Crippen molar-refractivity contribution < 1.29 is 0 Å². The van der Waals surface area contributed by atoms with Gasteiger partial charge in [-0.2, -0.15) is 0 Å². The number of fused-ring (bicyclic) bond motifs is 10. The van der Waals surface area contributed by atoms with Gasteiger partial charge in [0.25, 0.3) is 0 Å². The van der Waals surface area contributed by atoms with Gasteiger partial charge in [0.2, 0.25) is 0 Å². The molecule has 0 amide bonds. The van der Waals surface area contributed by atoms with Crippen molar-refractivity contribution in [3.63, 3.8) is 0 Å². The summed E-state index contributed by atoms with van der Waals surface area (Å²) in [5.74, 6) is 0.976. The van der Waals surface area contributed by atoms with Gasteiger partial charge in [-0.25, -0.2) is 4.99 Å². The van der Waals surface area contributed by atoms with Crippen LogP contribution < -0.4 is 5.32 Å². The zero-order chi connectivity index (χ0) is 30.2. The third kappa shape index (κ3) is 3.58. The molecule has 0 saturated heterocycles. The fourth-order valence-corrected chi connectivity index (χ4v) is 7.85. The molecule has 2 unspecified atom stereocenters. The summed E-state index contributed by atoms with van der Waals surface area (Å²) in [5.41, 5.74) is 8.05. The molecule has 1 aliphatic carbocycles. The van der Waals surface area contributed by atoms with Crippen molar-refractivity contribution >= 4 is 71.6 Å².